The van der Waals surface area contributed by atoms with Crippen molar-refractivity contribution in [3.63, 3.8) is 0 Å². The number of carbonyl (C=O) groups is 3. The van der Waals surface area contributed by atoms with E-state index in [0.717, 1.165) is 6.42 Å². The minimum absolute atomic E-state index is 0.0564. The number of hydrogen-bond acceptors (Lipinski definition) is 10. The van der Waals surface area contributed by atoms with Gasteiger partial charge in [-0.1, -0.05) is 48.0 Å². The molecule has 0 spiro atoms. The average Bonchev–Trinajstić information content (AvgIpc) is 3.81. The van der Waals surface area contributed by atoms with Crippen LogP contribution in [0.1, 0.15) is 93.4 Å². The summed E-state index contributed by atoms with van der Waals surface area (Å²) in [5, 5.41) is 9.27. The summed E-state index contributed by atoms with van der Waals surface area (Å²) in [7, 11) is 0. The number of carbonyl (C=O) groups excluding carboxylic acids is 2. The van der Waals surface area contributed by atoms with Gasteiger partial charge >= 0.3 is 18.1 Å². The highest BCUT2D eigenvalue weighted by molar-refractivity contribution is 5.74. The summed E-state index contributed by atoms with van der Waals surface area (Å²) in [6.45, 7) is 16.2. The van der Waals surface area contributed by atoms with Crippen molar-refractivity contribution in [3.05, 3.63) is 0 Å². The number of ether oxygens (including phenoxy) is 7. The van der Waals surface area contributed by atoms with Gasteiger partial charge in [0.2, 0.25) is 0 Å². The van der Waals surface area contributed by atoms with E-state index in [4.69, 9.17) is 33.2 Å². The molecule has 10 atom stereocenters. The topological polar surface area (TPSA) is 136 Å². The molecule has 5 aliphatic rings. The minimum Gasteiger partial charge on any atom is -0.481 e. The summed E-state index contributed by atoms with van der Waals surface area (Å²) >= 11 is 0. The number of fused-ring (bicyclic) bond motifs is 2. The highest BCUT2D eigenvalue weighted by atomic mass is 16.8. The van der Waals surface area contributed by atoms with Crippen LogP contribution in [0, 0.1) is 34.5 Å². The zero-order valence-corrected chi connectivity index (χ0v) is 28.1. The summed E-state index contributed by atoms with van der Waals surface area (Å²) in [5.41, 5.74) is -1.38. The Balaban J connectivity index is 1.19. The Morgan fingerprint density at radius 3 is 1.71 bits per heavy atom. The maximum Gasteiger partial charge on any atom is 0.509 e. The van der Waals surface area contributed by atoms with E-state index in [0.29, 0.717) is 51.7 Å². The molecular formula is C34H54O11. The van der Waals surface area contributed by atoms with Crippen molar-refractivity contribution in [2.75, 3.05) is 26.4 Å². The van der Waals surface area contributed by atoms with Gasteiger partial charge < -0.3 is 38.3 Å². The van der Waals surface area contributed by atoms with Crippen LogP contribution in [-0.4, -0.2) is 91.9 Å². The molecule has 5 rings (SSSR count). The first kappa shape index (κ1) is 34.4. The summed E-state index contributed by atoms with van der Waals surface area (Å²) in [6, 6.07) is 0. The van der Waals surface area contributed by atoms with Crippen molar-refractivity contribution in [2.45, 2.75) is 136 Å². The molecule has 1 aliphatic carbocycles. The van der Waals surface area contributed by atoms with Crippen LogP contribution >= 0.6 is 0 Å². The molecule has 256 valence electrons. The Hall–Kier alpha value is -1.95. The first-order chi connectivity index (χ1) is 21.3. The van der Waals surface area contributed by atoms with Crippen LogP contribution in [0.15, 0.2) is 0 Å². The van der Waals surface area contributed by atoms with E-state index in [1.807, 2.05) is 13.8 Å². The molecule has 5 fully saturated rings. The third kappa shape index (κ3) is 6.35. The molecule has 0 aromatic rings. The molecule has 4 saturated heterocycles. The lowest BCUT2D eigenvalue weighted by molar-refractivity contribution is -0.162. The smallest absolute Gasteiger partial charge is 0.481 e. The standard InChI is InChI=1S/C34H54O11/c1-8-32(4,5)21-15-39-28-24(18-41-25(21)28)44-31(38)45-34(7,10-3)33(6,9-2)22-16-40-27-23(17-42-26(22)27)43-30(37)20-13-11-19(12-14-20)29(35)36/h19-28H,8-18H2,1-7H3,(H,35,36). The van der Waals surface area contributed by atoms with E-state index in [1.165, 1.54) is 0 Å². The molecule has 0 radical (unpaired) electrons. The molecule has 4 aliphatic heterocycles. The summed E-state index contributed by atoms with van der Waals surface area (Å²) in [4.78, 5) is 37.7. The molecule has 10 unspecified atom stereocenters. The first-order valence-corrected chi connectivity index (χ1v) is 17.1. The van der Waals surface area contributed by atoms with Gasteiger partial charge in [-0.2, -0.15) is 0 Å². The lowest BCUT2D eigenvalue weighted by Gasteiger charge is -2.49. The van der Waals surface area contributed by atoms with Crippen molar-refractivity contribution in [2.24, 2.45) is 34.5 Å². The number of rotatable bonds is 11. The predicted molar refractivity (Wildman–Crippen MR) is 161 cm³/mol. The molecular weight excluding hydrogens is 584 g/mol. The molecule has 45 heavy (non-hydrogen) atoms. The molecule has 1 N–H and O–H groups in total. The fourth-order valence-corrected chi connectivity index (χ4v) is 8.38. The van der Waals surface area contributed by atoms with Crippen LogP contribution in [0.5, 0.6) is 0 Å². The normalized spacial score (nSPS) is 38.9. The molecule has 0 aromatic heterocycles. The van der Waals surface area contributed by atoms with Gasteiger partial charge in [0.25, 0.3) is 0 Å². The SMILES string of the molecule is CCC(C)(C)C1COC2C(OC(=O)OC(C)(CC)C(C)(CC)C3COC4C(OC(=O)C5CCC(C(=O)O)CC5)COC43)COC21. The molecule has 0 aromatic carbocycles. The highest BCUT2D eigenvalue weighted by Crippen LogP contribution is 2.52. The van der Waals surface area contributed by atoms with Gasteiger partial charge in [-0.15, -0.1) is 0 Å². The molecule has 1 saturated carbocycles. The van der Waals surface area contributed by atoms with Gasteiger partial charge in [0.05, 0.1) is 50.5 Å². The molecule has 11 heteroatoms. The molecule has 0 amide bonds. The van der Waals surface area contributed by atoms with Crippen LogP contribution < -0.4 is 0 Å². The van der Waals surface area contributed by atoms with Crippen molar-refractivity contribution < 1.29 is 52.6 Å². The zero-order chi connectivity index (χ0) is 32.7. The van der Waals surface area contributed by atoms with E-state index < -0.39 is 47.4 Å². The zero-order valence-electron chi connectivity index (χ0n) is 28.1. The van der Waals surface area contributed by atoms with Gasteiger partial charge in [0, 0.05) is 17.3 Å². The van der Waals surface area contributed by atoms with Gasteiger partial charge in [-0.05, 0) is 50.9 Å². The third-order valence-corrected chi connectivity index (χ3v) is 12.6. The second kappa shape index (κ2) is 13.3. The highest BCUT2D eigenvalue weighted by Gasteiger charge is 2.61. The van der Waals surface area contributed by atoms with E-state index >= 15 is 0 Å². The number of hydrogen-bond donors (Lipinski definition) is 1. The van der Waals surface area contributed by atoms with E-state index in [-0.39, 0.29) is 60.7 Å². The minimum atomic E-state index is -0.898. The quantitative estimate of drug-likeness (QED) is 0.301. The summed E-state index contributed by atoms with van der Waals surface area (Å²) in [5.74, 6) is -1.69. The molecule has 4 heterocycles. The average molecular weight is 639 g/mol. The second-order valence-electron chi connectivity index (χ2n) is 15.0. The summed E-state index contributed by atoms with van der Waals surface area (Å²) in [6.07, 6.45) is 1.27. The Bertz CT molecular complexity index is 1090. The van der Waals surface area contributed by atoms with Crippen molar-refractivity contribution in [3.8, 4) is 0 Å². The van der Waals surface area contributed by atoms with Crippen molar-refractivity contribution >= 4 is 18.1 Å². The number of carboxylic acid groups (broad SMARTS) is 1. The Morgan fingerprint density at radius 2 is 1.18 bits per heavy atom. The third-order valence-electron chi connectivity index (χ3n) is 12.6. The van der Waals surface area contributed by atoms with Crippen LogP contribution in [0.25, 0.3) is 0 Å². The first-order valence-electron chi connectivity index (χ1n) is 17.1. The summed E-state index contributed by atoms with van der Waals surface area (Å²) < 4.78 is 42.7. The van der Waals surface area contributed by atoms with Gasteiger partial charge in [0.15, 0.2) is 12.2 Å². The van der Waals surface area contributed by atoms with Crippen LogP contribution in [-0.2, 0) is 42.7 Å². The predicted octanol–water partition coefficient (Wildman–Crippen LogP) is 5.16. The number of aliphatic carboxylic acids is 1. The van der Waals surface area contributed by atoms with Crippen LogP contribution in [0.4, 0.5) is 4.79 Å². The molecule has 0 bridgehead atoms. The van der Waals surface area contributed by atoms with Gasteiger partial charge in [-0.25, -0.2) is 4.79 Å². The fourth-order valence-electron chi connectivity index (χ4n) is 8.38. The van der Waals surface area contributed by atoms with E-state index in [2.05, 4.69) is 34.6 Å². The van der Waals surface area contributed by atoms with Crippen LogP contribution in [0.2, 0.25) is 0 Å². The van der Waals surface area contributed by atoms with Gasteiger partial charge in [0.1, 0.15) is 17.8 Å². The van der Waals surface area contributed by atoms with Gasteiger partial charge in [-0.3, -0.25) is 9.59 Å². The van der Waals surface area contributed by atoms with E-state index in [1.54, 1.807) is 0 Å². The Labute approximate surface area is 267 Å². The van der Waals surface area contributed by atoms with Crippen molar-refractivity contribution in [1.29, 1.82) is 0 Å². The van der Waals surface area contributed by atoms with E-state index in [9.17, 15) is 19.5 Å². The van der Waals surface area contributed by atoms with Crippen LogP contribution in [0.3, 0.4) is 0 Å². The molecule has 11 nitrogen and oxygen atoms in total. The van der Waals surface area contributed by atoms with Crippen molar-refractivity contribution in [1.82, 2.24) is 0 Å². The monoisotopic (exact) mass is 638 g/mol. The maximum atomic E-state index is 13.4. The number of esters is 1. The Morgan fingerprint density at radius 1 is 0.667 bits per heavy atom. The second-order valence-corrected chi connectivity index (χ2v) is 15.0. The number of carboxylic acids is 1. The largest absolute Gasteiger partial charge is 0.509 e. The fraction of sp³-hybridized carbons (Fsp3) is 0.912. The lowest BCUT2D eigenvalue weighted by atomic mass is 9.61. The Kier molecular flexibility index (Phi) is 10.1. The lowest BCUT2D eigenvalue weighted by Crippen LogP contribution is -2.54. The maximum absolute atomic E-state index is 13.4.